The van der Waals surface area contributed by atoms with E-state index in [1.165, 1.54) is 12.8 Å². The third-order valence-electron chi connectivity index (χ3n) is 2.93. The third kappa shape index (κ3) is 3.42. The van der Waals surface area contributed by atoms with Crippen LogP contribution in [0.2, 0.25) is 0 Å². The first-order valence-electron chi connectivity index (χ1n) is 5.27. The van der Waals surface area contributed by atoms with Gasteiger partial charge in [-0.2, -0.15) is 0 Å². The molecule has 1 saturated carbocycles. The molecule has 5 nitrogen and oxygen atoms in total. The Bertz CT molecular complexity index is 261. The molecule has 0 aromatic carbocycles. The highest BCUT2D eigenvalue weighted by Gasteiger charge is 2.33. The van der Waals surface area contributed by atoms with Crippen molar-refractivity contribution in [3.63, 3.8) is 0 Å². The van der Waals surface area contributed by atoms with Crippen molar-refractivity contribution in [1.29, 1.82) is 0 Å². The minimum Gasteiger partial charge on any atom is -0.409 e. The summed E-state index contributed by atoms with van der Waals surface area (Å²) in [6, 6.07) is 0. The average molecular weight is 213 g/mol. The number of amides is 1. The second kappa shape index (κ2) is 5.00. The second-order valence-electron chi connectivity index (χ2n) is 4.23. The van der Waals surface area contributed by atoms with Gasteiger partial charge in [0, 0.05) is 25.9 Å². The Morgan fingerprint density at radius 2 is 2.27 bits per heavy atom. The normalized spacial score (nSPS) is 18.7. The zero-order valence-electron chi connectivity index (χ0n) is 9.31. The molecule has 1 amide bonds. The van der Waals surface area contributed by atoms with Gasteiger partial charge in [0.2, 0.25) is 5.91 Å². The minimum absolute atomic E-state index is 0.113. The number of amidine groups is 1. The van der Waals surface area contributed by atoms with Gasteiger partial charge in [0.1, 0.15) is 5.84 Å². The molecule has 86 valence electrons. The van der Waals surface area contributed by atoms with Gasteiger partial charge in [-0.1, -0.05) is 12.1 Å². The summed E-state index contributed by atoms with van der Waals surface area (Å²) < 4.78 is 0. The van der Waals surface area contributed by atoms with Gasteiger partial charge < -0.3 is 15.8 Å². The van der Waals surface area contributed by atoms with Crippen LogP contribution < -0.4 is 5.73 Å². The molecule has 0 spiro atoms. The zero-order chi connectivity index (χ0) is 11.4. The SMILES string of the molecule is CC(C(=O)N(C)CCC(N)=NO)C1CC1. The Morgan fingerprint density at radius 1 is 1.67 bits per heavy atom. The van der Waals surface area contributed by atoms with E-state index in [-0.39, 0.29) is 17.7 Å². The van der Waals surface area contributed by atoms with Crippen LogP contribution in [0.1, 0.15) is 26.2 Å². The second-order valence-corrected chi connectivity index (χ2v) is 4.23. The molecule has 1 aliphatic carbocycles. The minimum atomic E-state index is 0.113. The van der Waals surface area contributed by atoms with Crippen LogP contribution in [0, 0.1) is 11.8 Å². The van der Waals surface area contributed by atoms with Crippen molar-refractivity contribution in [2.24, 2.45) is 22.7 Å². The van der Waals surface area contributed by atoms with Crippen molar-refractivity contribution in [3.8, 4) is 0 Å². The first-order valence-corrected chi connectivity index (χ1v) is 5.27. The lowest BCUT2D eigenvalue weighted by Crippen LogP contribution is -2.35. The zero-order valence-corrected chi connectivity index (χ0v) is 9.31. The lowest BCUT2D eigenvalue weighted by molar-refractivity contribution is -0.134. The molecule has 1 rings (SSSR count). The van der Waals surface area contributed by atoms with Gasteiger partial charge in [0.25, 0.3) is 0 Å². The number of carbonyl (C=O) groups is 1. The highest BCUT2D eigenvalue weighted by atomic mass is 16.4. The fourth-order valence-corrected chi connectivity index (χ4v) is 1.59. The maximum atomic E-state index is 11.8. The quantitative estimate of drug-likeness (QED) is 0.304. The fraction of sp³-hybridized carbons (Fsp3) is 0.800. The lowest BCUT2D eigenvalue weighted by Gasteiger charge is -2.20. The van der Waals surface area contributed by atoms with Crippen LogP contribution in [0.15, 0.2) is 5.16 Å². The Labute approximate surface area is 89.9 Å². The molecule has 0 heterocycles. The molecule has 0 aromatic rings. The van der Waals surface area contributed by atoms with Crippen LogP contribution in [0.3, 0.4) is 0 Å². The van der Waals surface area contributed by atoms with Crippen LogP contribution in [-0.2, 0) is 4.79 Å². The number of nitrogens with zero attached hydrogens (tertiary/aromatic N) is 2. The Hall–Kier alpha value is -1.26. The van der Waals surface area contributed by atoms with Gasteiger partial charge >= 0.3 is 0 Å². The fourth-order valence-electron chi connectivity index (χ4n) is 1.59. The summed E-state index contributed by atoms with van der Waals surface area (Å²) in [4.78, 5) is 13.5. The number of carbonyl (C=O) groups excluding carboxylic acids is 1. The maximum Gasteiger partial charge on any atom is 0.225 e. The van der Waals surface area contributed by atoms with E-state index in [1.54, 1.807) is 11.9 Å². The molecular formula is C10H19N3O2. The molecule has 5 heteroatoms. The number of hydrogen-bond acceptors (Lipinski definition) is 3. The molecule has 1 atom stereocenters. The summed E-state index contributed by atoms with van der Waals surface area (Å²) in [5.74, 6) is 1.00. The first kappa shape index (κ1) is 11.8. The predicted molar refractivity (Wildman–Crippen MR) is 57.6 cm³/mol. The molecule has 1 unspecified atom stereocenters. The molecule has 0 saturated heterocycles. The van der Waals surface area contributed by atoms with Gasteiger partial charge in [-0.15, -0.1) is 0 Å². The smallest absolute Gasteiger partial charge is 0.225 e. The van der Waals surface area contributed by atoms with Crippen LogP contribution in [0.4, 0.5) is 0 Å². The van der Waals surface area contributed by atoms with Crippen molar-refractivity contribution in [2.75, 3.05) is 13.6 Å². The van der Waals surface area contributed by atoms with E-state index >= 15 is 0 Å². The standard InChI is InChI=1S/C10H19N3O2/c1-7(8-3-4-8)10(14)13(2)6-5-9(11)12-15/h7-8,15H,3-6H2,1-2H3,(H2,11,12). The highest BCUT2D eigenvalue weighted by molar-refractivity contribution is 5.82. The third-order valence-corrected chi connectivity index (χ3v) is 2.93. The Kier molecular flexibility index (Phi) is 3.94. The summed E-state index contributed by atoms with van der Waals surface area (Å²) in [6.45, 7) is 2.48. The first-order chi connectivity index (χ1) is 7.06. The summed E-state index contributed by atoms with van der Waals surface area (Å²) in [7, 11) is 1.76. The molecular weight excluding hydrogens is 194 g/mol. The van der Waals surface area contributed by atoms with E-state index in [0.717, 1.165) is 0 Å². The van der Waals surface area contributed by atoms with Gasteiger partial charge in [-0.05, 0) is 18.8 Å². The summed E-state index contributed by atoms with van der Waals surface area (Å²) in [6.07, 6.45) is 2.75. The van der Waals surface area contributed by atoms with Crippen molar-refractivity contribution < 1.29 is 10.0 Å². The molecule has 0 bridgehead atoms. The van der Waals surface area contributed by atoms with E-state index < -0.39 is 0 Å². The van der Waals surface area contributed by atoms with E-state index in [4.69, 9.17) is 10.9 Å². The predicted octanol–water partition coefficient (Wildman–Crippen LogP) is 0.627. The largest absolute Gasteiger partial charge is 0.409 e. The molecule has 0 aromatic heterocycles. The molecule has 15 heavy (non-hydrogen) atoms. The molecule has 0 aliphatic heterocycles. The molecule has 0 radical (unpaired) electrons. The number of rotatable bonds is 5. The summed E-state index contributed by atoms with van der Waals surface area (Å²) >= 11 is 0. The highest BCUT2D eigenvalue weighted by Crippen LogP contribution is 2.37. The van der Waals surface area contributed by atoms with Crippen molar-refractivity contribution in [3.05, 3.63) is 0 Å². The van der Waals surface area contributed by atoms with Gasteiger partial charge in [-0.3, -0.25) is 4.79 Å². The number of nitrogens with two attached hydrogens (primary N) is 1. The van der Waals surface area contributed by atoms with Gasteiger partial charge in [0.15, 0.2) is 0 Å². The van der Waals surface area contributed by atoms with Gasteiger partial charge in [0.05, 0.1) is 0 Å². The molecule has 1 aliphatic rings. The maximum absolute atomic E-state index is 11.8. The Morgan fingerprint density at radius 3 is 2.73 bits per heavy atom. The lowest BCUT2D eigenvalue weighted by atomic mass is 10.1. The monoisotopic (exact) mass is 213 g/mol. The van der Waals surface area contributed by atoms with Crippen LogP contribution in [-0.4, -0.2) is 35.4 Å². The van der Waals surface area contributed by atoms with Gasteiger partial charge in [-0.25, -0.2) is 0 Å². The van der Waals surface area contributed by atoms with E-state index in [2.05, 4.69) is 5.16 Å². The topological polar surface area (TPSA) is 78.9 Å². The van der Waals surface area contributed by atoms with E-state index in [0.29, 0.717) is 18.9 Å². The van der Waals surface area contributed by atoms with E-state index in [1.807, 2.05) is 6.92 Å². The van der Waals surface area contributed by atoms with Crippen LogP contribution >= 0.6 is 0 Å². The van der Waals surface area contributed by atoms with Crippen molar-refractivity contribution in [1.82, 2.24) is 4.90 Å². The van der Waals surface area contributed by atoms with Crippen LogP contribution in [0.5, 0.6) is 0 Å². The Balaban J connectivity index is 2.32. The summed E-state index contributed by atoms with van der Waals surface area (Å²) in [5.41, 5.74) is 5.33. The van der Waals surface area contributed by atoms with Crippen LogP contribution in [0.25, 0.3) is 0 Å². The average Bonchev–Trinajstić information content (AvgIpc) is 3.06. The molecule has 1 fully saturated rings. The van der Waals surface area contributed by atoms with Crippen molar-refractivity contribution >= 4 is 11.7 Å². The number of hydrogen-bond donors (Lipinski definition) is 2. The van der Waals surface area contributed by atoms with Crippen molar-refractivity contribution in [2.45, 2.75) is 26.2 Å². The molecule has 3 N–H and O–H groups in total. The number of oxime groups is 1. The van der Waals surface area contributed by atoms with E-state index in [9.17, 15) is 4.79 Å². The summed E-state index contributed by atoms with van der Waals surface area (Å²) in [5, 5.41) is 11.2.